The molecule has 0 fully saturated rings. The molecule has 0 unspecified atom stereocenters. The molecule has 0 atom stereocenters. The van der Waals surface area contributed by atoms with Crippen LogP contribution >= 0.6 is 0 Å². The van der Waals surface area contributed by atoms with E-state index in [4.69, 9.17) is 5.26 Å². The summed E-state index contributed by atoms with van der Waals surface area (Å²) in [6, 6.07) is 6.57. The van der Waals surface area contributed by atoms with Crippen LogP contribution in [0.1, 0.15) is 17.0 Å². The van der Waals surface area contributed by atoms with E-state index in [1.54, 1.807) is 31.5 Å². The maximum Gasteiger partial charge on any atom is 0.243 e. The number of aromatic amines is 1. The maximum atomic E-state index is 12.5. The highest BCUT2D eigenvalue weighted by molar-refractivity contribution is 7.89. The number of imidazole rings is 1. The van der Waals surface area contributed by atoms with Crippen LogP contribution in [0.15, 0.2) is 35.5 Å². The van der Waals surface area contributed by atoms with Crippen LogP contribution < -0.4 is 0 Å². The van der Waals surface area contributed by atoms with Gasteiger partial charge in [0.1, 0.15) is 5.82 Å². The lowest BCUT2D eigenvalue weighted by Gasteiger charge is -2.17. The van der Waals surface area contributed by atoms with Gasteiger partial charge in [0.25, 0.3) is 0 Å². The van der Waals surface area contributed by atoms with Gasteiger partial charge < -0.3 is 4.98 Å². The standard InChI is InChI=1S/C13H14N4O2S/c1-10-3-4-11(8-14)7-12(10)20(18,19)17(2)9-13-15-5-6-16-13/h3-7H,9H2,1-2H3,(H,15,16). The van der Waals surface area contributed by atoms with Crippen LogP contribution in [0.3, 0.4) is 0 Å². The third-order valence-corrected chi connectivity index (χ3v) is 4.88. The van der Waals surface area contributed by atoms with Crippen LogP contribution in [-0.4, -0.2) is 29.7 Å². The molecule has 7 heteroatoms. The molecule has 0 aliphatic carbocycles. The van der Waals surface area contributed by atoms with E-state index < -0.39 is 10.0 Å². The van der Waals surface area contributed by atoms with E-state index in [0.717, 1.165) is 0 Å². The minimum atomic E-state index is -3.66. The van der Waals surface area contributed by atoms with Crippen LogP contribution in [0.25, 0.3) is 0 Å². The molecule has 0 amide bonds. The number of hydrogen-bond donors (Lipinski definition) is 1. The van der Waals surface area contributed by atoms with Crippen molar-refractivity contribution in [2.75, 3.05) is 7.05 Å². The van der Waals surface area contributed by atoms with Crippen molar-refractivity contribution >= 4 is 10.0 Å². The van der Waals surface area contributed by atoms with Crippen molar-refractivity contribution in [3.63, 3.8) is 0 Å². The maximum absolute atomic E-state index is 12.5. The Kier molecular flexibility index (Phi) is 3.88. The molecular formula is C13H14N4O2S. The van der Waals surface area contributed by atoms with Crippen LogP contribution in [0, 0.1) is 18.3 Å². The molecule has 0 radical (unpaired) electrons. The molecule has 2 aromatic rings. The van der Waals surface area contributed by atoms with Crippen molar-refractivity contribution in [1.82, 2.24) is 14.3 Å². The highest BCUT2D eigenvalue weighted by Gasteiger charge is 2.23. The predicted molar refractivity (Wildman–Crippen MR) is 73.1 cm³/mol. The highest BCUT2D eigenvalue weighted by Crippen LogP contribution is 2.21. The Morgan fingerprint density at radius 1 is 1.45 bits per heavy atom. The lowest BCUT2D eigenvalue weighted by molar-refractivity contribution is 0.457. The number of aryl methyl sites for hydroxylation is 1. The fourth-order valence-electron chi connectivity index (χ4n) is 1.80. The van der Waals surface area contributed by atoms with Gasteiger partial charge in [-0.15, -0.1) is 0 Å². The number of rotatable bonds is 4. The molecule has 104 valence electrons. The van der Waals surface area contributed by atoms with E-state index in [-0.39, 0.29) is 11.4 Å². The summed E-state index contributed by atoms with van der Waals surface area (Å²) in [7, 11) is -2.17. The quantitative estimate of drug-likeness (QED) is 0.921. The van der Waals surface area contributed by atoms with E-state index in [0.29, 0.717) is 17.0 Å². The zero-order valence-corrected chi connectivity index (χ0v) is 12.0. The second-order valence-corrected chi connectivity index (χ2v) is 6.40. The Labute approximate surface area is 117 Å². The number of benzene rings is 1. The van der Waals surface area contributed by atoms with Gasteiger partial charge in [0.2, 0.25) is 10.0 Å². The summed E-state index contributed by atoms with van der Waals surface area (Å²) in [6.07, 6.45) is 3.20. The van der Waals surface area contributed by atoms with Crippen LogP contribution in [0.4, 0.5) is 0 Å². The highest BCUT2D eigenvalue weighted by atomic mass is 32.2. The molecule has 1 heterocycles. The number of aromatic nitrogens is 2. The average Bonchev–Trinajstić information content (AvgIpc) is 2.92. The molecule has 1 aromatic carbocycles. The molecular weight excluding hydrogens is 276 g/mol. The molecule has 0 aliphatic heterocycles. The topological polar surface area (TPSA) is 89.8 Å². The van der Waals surface area contributed by atoms with Gasteiger partial charge in [0, 0.05) is 19.4 Å². The predicted octanol–water partition coefficient (Wildman–Crippen LogP) is 1.41. The van der Waals surface area contributed by atoms with Gasteiger partial charge >= 0.3 is 0 Å². The van der Waals surface area contributed by atoms with Crippen molar-refractivity contribution in [3.8, 4) is 6.07 Å². The number of nitrogens with zero attached hydrogens (tertiary/aromatic N) is 3. The first-order valence-corrected chi connectivity index (χ1v) is 7.34. The summed E-state index contributed by atoms with van der Waals surface area (Å²) in [6.45, 7) is 1.85. The van der Waals surface area contributed by atoms with E-state index in [1.165, 1.54) is 17.4 Å². The second kappa shape index (κ2) is 5.45. The Hall–Kier alpha value is -2.17. The molecule has 1 aromatic heterocycles. The minimum absolute atomic E-state index is 0.144. The van der Waals surface area contributed by atoms with Gasteiger partial charge in [0.05, 0.1) is 23.1 Å². The second-order valence-electron chi connectivity index (χ2n) is 4.39. The Morgan fingerprint density at radius 3 is 2.80 bits per heavy atom. The fraction of sp³-hybridized carbons (Fsp3) is 0.231. The molecule has 0 saturated heterocycles. The fourth-order valence-corrected chi connectivity index (χ4v) is 3.17. The number of H-pyrrole nitrogens is 1. The summed E-state index contributed by atoms with van der Waals surface area (Å²) in [5.74, 6) is 0.560. The van der Waals surface area contributed by atoms with Gasteiger partial charge in [-0.25, -0.2) is 13.4 Å². The van der Waals surface area contributed by atoms with Gasteiger partial charge in [-0.2, -0.15) is 9.57 Å². The van der Waals surface area contributed by atoms with Gasteiger partial charge in [-0.05, 0) is 24.6 Å². The zero-order chi connectivity index (χ0) is 14.8. The third kappa shape index (κ3) is 2.71. The smallest absolute Gasteiger partial charge is 0.243 e. The number of hydrogen-bond acceptors (Lipinski definition) is 4. The number of nitriles is 1. The molecule has 2 rings (SSSR count). The van der Waals surface area contributed by atoms with E-state index in [9.17, 15) is 8.42 Å². The largest absolute Gasteiger partial charge is 0.347 e. The molecule has 0 spiro atoms. The molecule has 0 aliphatic rings. The van der Waals surface area contributed by atoms with E-state index >= 15 is 0 Å². The van der Waals surface area contributed by atoms with Crippen molar-refractivity contribution < 1.29 is 8.42 Å². The minimum Gasteiger partial charge on any atom is -0.347 e. The number of sulfonamides is 1. The van der Waals surface area contributed by atoms with Crippen molar-refractivity contribution in [3.05, 3.63) is 47.5 Å². The van der Waals surface area contributed by atoms with Crippen LogP contribution in [0.2, 0.25) is 0 Å². The summed E-state index contributed by atoms with van der Waals surface area (Å²) >= 11 is 0. The summed E-state index contributed by atoms with van der Waals surface area (Å²) in [5.41, 5.74) is 0.927. The lowest BCUT2D eigenvalue weighted by atomic mass is 10.2. The van der Waals surface area contributed by atoms with Crippen molar-refractivity contribution in [2.24, 2.45) is 0 Å². The molecule has 6 nitrogen and oxygen atoms in total. The van der Waals surface area contributed by atoms with Gasteiger partial charge in [-0.3, -0.25) is 0 Å². The first-order valence-electron chi connectivity index (χ1n) is 5.90. The summed E-state index contributed by atoms with van der Waals surface area (Å²) < 4.78 is 26.2. The first-order chi connectivity index (χ1) is 9.45. The first kappa shape index (κ1) is 14.2. The van der Waals surface area contributed by atoms with Crippen LogP contribution in [-0.2, 0) is 16.6 Å². The average molecular weight is 290 g/mol. The van der Waals surface area contributed by atoms with Crippen molar-refractivity contribution in [2.45, 2.75) is 18.4 Å². The van der Waals surface area contributed by atoms with E-state index in [1.807, 2.05) is 6.07 Å². The molecule has 1 N–H and O–H groups in total. The third-order valence-electron chi connectivity index (χ3n) is 2.93. The molecule has 20 heavy (non-hydrogen) atoms. The number of nitrogens with one attached hydrogen (secondary N) is 1. The Bertz CT molecular complexity index is 745. The van der Waals surface area contributed by atoms with Crippen LogP contribution in [0.5, 0.6) is 0 Å². The lowest BCUT2D eigenvalue weighted by Crippen LogP contribution is -2.27. The SMILES string of the molecule is Cc1ccc(C#N)cc1S(=O)(=O)N(C)Cc1ncc[nH]1. The summed E-state index contributed by atoms with van der Waals surface area (Å²) in [5, 5.41) is 8.89. The van der Waals surface area contributed by atoms with Crippen molar-refractivity contribution in [1.29, 1.82) is 5.26 Å². The normalized spacial score (nSPS) is 11.5. The van der Waals surface area contributed by atoms with Gasteiger partial charge in [-0.1, -0.05) is 6.07 Å². The van der Waals surface area contributed by atoms with Gasteiger partial charge in [0.15, 0.2) is 0 Å². The molecule has 0 saturated carbocycles. The Balaban J connectivity index is 2.37. The molecule has 0 bridgehead atoms. The monoisotopic (exact) mass is 290 g/mol. The zero-order valence-electron chi connectivity index (χ0n) is 11.2. The van der Waals surface area contributed by atoms with E-state index in [2.05, 4.69) is 9.97 Å². The Morgan fingerprint density at radius 2 is 2.20 bits per heavy atom. The summed E-state index contributed by atoms with van der Waals surface area (Å²) in [4.78, 5) is 7.01.